The molecule has 1 aromatic carbocycles. The summed E-state index contributed by atoms with van der Waals surface area (Å²) in [7, 11) is 0. The summed E-state index contributed by atoms with van der Waals surface area (Å²) in [5, 5.41) is 2.93. The molecule has 1 N–H and O–H groups in total. The summed E-state index contributed by atoms with van der Waals surface area (Å²) < 4.78 is 13.5. The Hall–Kier alpha value is -0.840. The molecule has 1 aliphatic rings. The van der Waals surface area contributed by atoms with E-state index in [4.69, 9.17) is 23.2 Å². The number of nitrogens with zero attached hydrogens (tertiary/aromatic N) is 1. The Morgan fingerprint density at radius 1 is 1.39 bits per heavy atom. The molecule has 1 atom stereocenters. The number of benzene rings is 1. The number of hydrogen-bond donors (Lipinski definition) is 1. The lowest BCUT2D eigenvalue weighted by Gasteiger charge is -2.43. The number of piperidine rings is 1. The first kappa shape index (κ1) is 18.5. The second-order valence-electron chi connectivity index (χ2n) is 6.93. The van der Waals surface area contributed by atoms with Crippen molar-refractivity contribution < 1.29 is 9.18 Å². The minimum atomic E-state index is -0.648. The Morgan fingerprint density at radius 3 is 2.74 bits per heavy atom. The monoisotopic (exact) mass is 360 g/mol. The molecule has 1 aromatic rings. The fourth-order valence-electron chi connectivity index (χ4n) is 2.94. The number of carbonyl (C=O) groups excluding carboxylic acids is 1. The number of likely N-dealkylation sites (tertiary alicyclic amines) is 1. The smallest absolute Gasteiger partial charge is 0.252 e. The number of nitrogens with one attached hydrogen (secondary N) is 1. The molecule has 6 heteroatoms. The van der Waals surface area contributed by atoms with Crippen LogP contribution < -0.4 is 5.32 Å². The third-order valence-electron chi connectivity index (χ3n) is 4.45. The average molecular weight is 361 g/mol. The van der Waals surface area contributed by atoms with E-state index >= 15 is 0 Å². The van der Waals surface area contributed by atoms with Gasteiger partial charge in [-0.05, 0) is 51.3 Å². The van der Waals surface area contributed by atoms with Gasteiger partial charge in [0.2, 0.25) is 0 Å². The molecule has 23 heavy (non-hydrogen) atoms. The van der Waals surface area contributed by atoms with Gasteiger partial charge in [-0.1, -0.05) is 30.1 Å². The van der Waals surface area contributed by atoms with Crippen LogP contribution in [-0.2, 0) is 0 Å². The van der Waals surface area contributed by atoms with Crippen LogP contribution >= 0.6 is 23.2 Å². The van der Waals surface area contributed by atoms with Crippen LogP contribution in [0.15, 0.2) is 12.1 Å². The van der Waals surface area contributed by atoms with Crippen molar-refractivity contribution in [3.63, 3.8) is 0 Å². The quantitative estimate of drug-likeness (QED) is 0.808. The molecule has 1 heterocycles. The zero-order valence-corrected chi connectivity index (χ0v) is 15.3. The molecular weight excluding hydrogens is 338 g/mol. The Morgan fingerprint density at radius 2 is 2.09 bits per heavy atom. The van der Waals surface area contributed by atoms with Crippen LogP contribution in [0.5, 0.6) is 0 Å². The molecule has 1 aliphatic heterocycles. The van der Waals surface area contributed by atoms with Crippen LogP contribution in [0.1, 0.15) is 44.0 Å². The van der Waals surface area contributed by atoms with Gasteiger partial charge in [-0.15, -0.1) is 0 Å². The van der Waals surface area contributed by atoms with Gasteiger partial charge in [0.05, 0.1) is 15.6 Å². The highest BCUT2D eigenvalue weighted by atomic mass is 35.5. The van der Waals surface area contributed by atoms with Crippen molar-refractivity contribution in [3.8, 4) is 0 Å². The largest absolute Gasteiger partial charge is 0.350 e. The van der Waals surface area contributed by atoms with Crippen molar-refractivity contribution >= 4 is 29.1 Å². The van der Waals surface area contributed by atoms with Crippen LogP contribution in [0, 0.1) is 11.7 Å². The molecule has 2 rings (SSSR count). The van der Waals surface area contributed by atoms with E-state index in [1.807, 2.05) is 0 Å². The van der Waals surface area contributed by atoms with E-state index in [2.05, 4.69) is 31.0 Å². The molecule has 0 bridgehead atoms. The van der Waals surface area contributed by atoms with Crippen LogP contribution in [0.25, 0.3) is 0 Å². The summed E-state index contributed by atoms with van der Waals surface area (Å²) >= 11 is 11.6. The summed E-state index contributed by atoms with van der Waals surface area (Å²) in [4.78, 5) is 14.7. The molecule has 1 fully saturated rings. The molecule has 1 unspecified atom stereocenters. The molecule has 128 valence electrons. The maximum absolute atomic E-state index is 13.5. The van der Waals surface area contributed by atoms with Gasteiger partial charge >= 0.3 is 0 Å². The molecule has 0 aliphatic carbocycles. The lowest BCUT2D eigenvalue weighted by Crippen LogP contribution is -2.54. The van der Waals surface area contributed by atoms with E-state index in [-0.39, 0.29) is 27.1 Å². The summed E-state index contributed by atoms with van der Waals surface area (Å²) in [6.07, 6.45) is 2.42. The fraction of sp³-hybridized carbons (Fsp3) is 0.588. The predicted molar refractivity (Wildman–Crippen MR) is 92.8 cm³/mol. The van der Waals surface area contributed by atoms with Gasteiger partial charge in [0.25, 0.3) is 5.91 Å². The third-order valence-corrected chi connectivity index (χ3v) is 5.05. The van der Waals surface area contributed by atoms with Gasteiger partial charge in [-0.3, -0.25) is 9.69 Å². The van der Waals surface area contributed by atoms with E-state index in [0.717, 1.165) is 19.2 Å². The van der Waals surface area contributed by atoms with Gasteiger partial charge in [-0.25, -0.2) is 4.39 Å². The Balaban J connectivity index is 2.02. The molecule has 3 nitrogen and oxygen atoms in total. The first-order valence-corrected chi connectivity index (χ1v) is 8.64. The van der Waals surface area contributed by atoms with Crippen LogP contribution in [-0.4, -0.2) is 36.0 Å². The highest BCUT2D eigenvalue weighted by Crippen LogP contribution is 2.25. The van der Waals surface area contributed by atoms with Gasteiger partial charge < -0.3 is 5.32 Å². The van der Waals surface area contributed by atoms with Crippen molar-refractivity contribution in [1.82, 2.24) is 10.2 Å². The lowest BCUT2D eigenvalue weighted by molar-refractivity contribution is 0.0657. The maximum Gasteiger partial charge on any atom is 0.252 e. The molecular formula is C17H23Cl2FN2O. The number of halogens is 3. The van der Waals surface area contributed by atoms with Gasteiger partial charge in [0.15, 0.2) is 0 Å². The predicted octanol–water partition coefficient (Wildman–Crippen LogP) is 4.37. The maximum atomic E-state index is 13.5. The van der Waals surface area contributed by atoms with Crippen LogP contribution in [0.3, 0.4) is 0 Å². The number of carbonyl (C=O) groups is 1. The zero-order valence-electron chi connectivity index (χ0n) is 13.8. The average Bonchev–Trinajstić information content (AvgIpc) is 2.48. The van der Waals surface area contributed by atoms with Crippen molar-refractivity contribution in [3.05, 3.63) is 33.6 Å². The van der Waals surface area contributed by atoms with Crippen molar-refractivity contribution in [2.24, 2.45) is 5.92 Å². The molecule has 0 radical (unpaired) electrons. The van der Waals surface area contributed by atoms with E-state index in [9.17, 15) is 9.18 Å². The minimum absolute atomic E-state index is 0.0887. The molecule has 0 saturated carbocycles. The van der Waals surface area contributed by atoms with Gasteiger partial charge in [-0.2, -0.15) is 0 Å². The first-order chi connectivity index (χ1) is 10.7. The van der Waals surface area contributed by atoms with E-state index in [1.165, 1.54) is 18.9 Å². The lowest BCUT2D eigenvalue weighted by atomic mass is 9.93. The van der Waals surface area contributed by atoms with E-state index in [1.54, 1.807) is 0 Å². The molecule has 1 saturated heterocycles. The highest BCUT2D eigenvalue weighted by Gasteiger charge is 2.30. The minimum Gasteiger partial charge on any atom is -0.350 e. The molecule has 0 aromatic heterocycles. The van der Waals surface area contributed by atoms with E-state index in [0.29, 0.717) is 12.5 Å². The second kappa shape index (κ2) is 7.37. The Kier molecular flexibility index (Phi) is 5.93. The Bertz CT molecular complexity index is 592. The van der Waals surface area contributed by atoms with Crippen molar-refractivity contribution in [2.75, 3.05) is 19.6 Å². The van der Waals surface area contributed by atoms with Gasteiger partial charge in [0.1, 0.15) is 5.82 Å². The highest BCUT2D eigenvalue weighted by molar-refractivity contribution is 6.36. The summed E-state index contributed by atoms with van der Waals surface area (Å²) in [5.41, 5.74) is -0.0571. The van der Waals surface area contributed by atoms with Crippen LogP contribution in [0.2, 0.25) is 10.0 Å². The fourth-order valence-corrected chi connectivity index (χ4v) is 3.41. The first-order valence-electron chi connectivity index (χ1n) is 7.88. The standard InChI is InChI=1S/C17H23Cl2FN2O/c1-11-5-4-6-22(9-11)17(2,3)10-21-16(23)12-7-15(20)14(19)8-13(12)18/h7-8,11H,4-6,9-10H2,1-3H3,(H,21,23). The molecule has 1 amide bonds. The Labute approximate surface area is 147 Å². The van der Waals surface area contributed by atoms with E-state index < -0.39 is 5.82 Å². The number of hydrogen-bond acceptors (Lipinski definition) is 2. The zero-order chi connectivity index (χ0) is 17.2. The SMILES string of the molecule is CC1CCCN(C(C)(C)CNC(=O)c2cc(F)c(Cl)cc2Cl)C1. The van der Waals surface area contributed by atoms with Crippen molar-refractivity contribution in [1.29, 1.82) is 0 Å². The van der Waals surface area contributed by atoms with Gasteiger partial charge in [0, 0.05) is 18.6 Å². The third kappa shape index (κ3) is 4.59. The molecule has 0 spiro atoms. The summed E-state index contributed by atoms with van der Waals surface area (Å²) in [6, 6.07) is 2.33. The van der Waals surface area contributed by atoms with Crippen LogP contribution in [0.4, 0.5) is 4.39 Å². The number of amides is 1. The summed E-state index contributed by atoms with van der Waals surface area (Å²) in [5.74, 6) is -0.368. The van der Waals surface area contributed by atoms with Crippen molar-refractivity contribution in [2.45, 2.75) is 39.2 Å². The summed E-state index contributed by atoms with van der Waals surface area (Å²) in [6.45, 7) is 8.99. The normalized spacial score (nSPS) is 19.7. The topological polar surface area (TPSA) is 32.3 Å². The second-order valence-corrected chi connectivity index (χ2v) is 7.75. The number of rotatable bonds is 4.